The monoisotopic (exact) mass is 288 g/mol. The van der Waals surface area contributed by atoms with Gasteiger partial charge >= 0.3 is 0 Å². The standard InChI is InChI=1S/C16H20N2O3/c1-11-6-7-14(21-2)13(9-11)18-10-15(19)17-8-4-3-5-12(17)16(18)20/h6-7,9,12H,3-5,8,10H2,1-2H3. The Kier molecular flexibility index (Phi) is 3.57. The molecule has 1 aromatic rings. The minimum absolute atomic E-state index is 0.0122. The van der Waals surface area contributed by atoms with E-state index in [-0.39, 0.29) is 24.4 Å². The minimum Gasteiger partial charge on any atom is -0.495 e. The molecule has 21 heavy (non-hydrogen) atoms. The van der Waals surface area contributed by atoms with Crippen molar-refractivity contribution in [3.63, 3.8) is 0 Å². The van der Waals surface area contributed by atoms with Gasteiger partial charge in [-0.1, -0.05) is 6.07 Å². The summed E-state index contributed by atoms with van der Waals surface area (Å²) in [5, 5.41) is 0. The molecular weight excluding hydrogens is 268 g/mol. The molecule has 0 N–H and O–H groups in total. The van der Waals surface area contributed by atoms with E-state index >= 15 is 0 Å². The summed E-state index contributed by atoms with van der Waals surface area (Å²) in [6.07, 6.45) is 2.75. The molecule has 2 saturated heterocycles. The van der Waals surface area contributed by atoms with Gasteiger partial charge < -0.3 is 9.64 Å². The fraction of sp³-hybridized carbons (Fsp3) is 0.500. The highest BCUT2D eigenvalue weighted by atomic mass is 16.5. The summed E-state index contributed by atoms with van der Waals surface area (Å²) in [4.78, 5) is 28.4. The van der Waals surface area contributed by atoms with Crippen LogP contribution in [0.4, 0.5) is 5.69 Å². The summed E-state index contributed by atoms with van der Waals surface area (Å²) in [7, 11) is 1.58. The Morgan fingerprint density at radius 3 is 2.81 bits per heavy atom. The molecule has 1 unspecified atom stereocenters. The molecular formula is C16H20N2O3. The molecule has 112 valence electrons. The molecule has 0 radical (unpaired) electrons. The molecule has 2 aliphatic heterocycles. The number of nitrogens with zero attached hydrogens (tertiary/aromatic N) is 2. The van der Waals surface area contributed by atoms with Gasteiger partial charge in [0.2, 0.25) is 11.8 Å². The molecule has 0 aliphatic carbocycles. The minimum atomic E-state index is -0.301. The number of methoxy groups -OCH3 is 1. The van der Waals surface area contributed by atoms with E-state index in [4.69, 9.17) is 4.74 Å². The number of aryl methyl sites for hydroxylation is 1. The summed E-state index contributed by atoms with van der Waals surface area (Å²) in [6.45, 7) is 2.77. The molecule has 5 nitrogen and oxygen atoms in total. The van der Waals surface area contributed by atoms with Gasteiger partial charge in [-0.25, -0.2) is 0 Å². The van der Waals surface area contributed by atoms with Crippen LogP contribution in [-0.4, -0.2) is 43.0 Å². The molecule has 2 amide bonds. The Bertz CT molecular complexity index is 585. The van der Waals surface area contributed by atoms with Gasteiger partial charge in [-0.15, -0.1) is 0 Å². The van der Waals surface area contributed by atoms with Crippen molar-refractivity contribution in [1.82, 2.24) is 4.90 Å². The van der Waals surface area contributed by atoms with Crippen LogP contribution in [0, 0.1) is 6.92 Å². The average Bonchev–Trinajstić information content (AvgIpc) is 2.51. The lowest BCUT2D eigenvalue weighted by Crippen LogP contribution is -2.61. The van der Waals surface area contributed by atoms with Crippen LogP contribution in [0.5, 0.6) is 5.75 Å². The predicted octanol–water partition coefficient (Wildman–Crippen LogP) is 1.73. The van der Waals surface area contributed by atoms with Gasteiger partial charge in [0.15, 0.2) is 0 Å². The van der Waals surface area contributed by atoms with Gasteiger partial charge in [0, 0.05) is 6.54 Å². The molecule has 1 atom stereocenters. The second-order valence-corrected chi connectivity index (χ2v) is 5.70. The number of ether oxygens (including phenoxy) is 1. The van der Waals surface area contributed by atoms with E-state index in [1.807, 2.05) is 25.1 Å². The van der Waals surface area contributed by atoms with Crippen molar-refractivity contribution in [2.75, 3.05) is 25.1 Å². The van der Waals surface area contributed by atoms with Crippen LogP contribution in [0.2, 0.25) is 0 Å². The number of benzene rings is 1. The SMILES string of the molecule is COc1ccc(C)cc1N1CC(=O)N2CCCCC2C1=O. The van der Waals surface area contributed by atoms with Crippen LogP contribution in [-0.2, 0) is 9.59 Å². The van der Waals surface area contributed by atoms with Crippen LogP contribution in [0.3, 0.4) is 0 Å². The first-order valence-corrected chi connectivity index (χ1v) is 7.37. The molecule has 1 aromatic carbocycles. The Labute approximate surface area is 124 Å². The smallest absolute Gasteiger partial charge is 0.250 e. The fourth-order valence-electron chi connectivity index (χ4n) is 3.19. The van der Waals surface area contributed by atoms with E-state index in [1.165, 1.54) is 0 Å². The number of piperazine rings is 1. The Balaban J connectivity index is 1.97. The Morgan fingerprint density at radius 2 is 2.05 bits per heavy atom. The van der Waals surface area contributed by atoms with E-state index < -0.39 is 0 Å². The summed E-state index contributed by atoms with van der Waals surface area (Å²) in [5.74, 6) is 0.673. The van der Waals surface area contributed by atoms with Crippen LogP contribution in [0.1, 0.15) is 24.8 Å². The maximum atomic E-state index is 12.8. The zero-order valence-corrected chi connectivity index (χ0v) is 12.5. The summed E-state index contributed by atoms with van der Waals surface area (Å²) < 4.78 is 5.35. The summed E-state index contributed by atoms with van der Waals surface area (Å²) in [6, 6.07) is 5.38. The molecule has 2 aliphatic rings. The lowest BCUT2D eigenvalue weighted by atomic mass is 9.97. The second kappa shape index (κ2) is 5.39. The lowest BCUT2D eigenvalue weighted by molar-refractivity contribution is -0.144. The molecule has 5 heteroatoms. The number of amides is 2. The first-order valence-electron chi connectivity index (χ1n) is 7.37. The van der Waals surface area contributed by atoms with E-state index in [1.54, 1.807) is 16.9 Å². The highest BCUT2D eigenvalue weighted by molar-refractivity contribution is 6.07. The molecule has 0 bridgehead atoms. The number of anilines is 1. The lowest BCUT2D eigenvalue weighted by Gasteiger charge is -2.42. The zero-order valence-electron chi connectivity index (χ0n) is 12.5. The van der Waals surface area contributed by atoms with Crippen LogP contribution >= 0.6 is 0 Å². The first-order chi connectivity index (χ1) is 10.1. The molecule has 0 spiro atoms. The van der Waals surface area contributed by atoms with Crippen LogP contribution in [0.15, 0.2) is 18.2 Å². The summed E-state index contributed by atoms with van der Waals surface area (Å²) >= 11 is 0. The molecule has 2 fully saturated rings. The van der Waals surface area contributed by atoms with Crippen LogP contribution in [0.25, 0.3) is 0 Å². The van der Waals surface area contributed by atoms with Crippen molar-refractivity contribution >= 4 is 17.5 Å². The van der Waals surface area contributed by atoms with Crippen molar-refractivity contribution in [3.05, 3.63) is 23.8 Å². The van der Waals surface area contributed by atoms with Gasteiger partial charge in [0.25, 0.3) is 0 Å². The highest BCUT2D eigenvalue weighted by Crippen LogP contribution is 2.33. The van der Waals surface area contributed by atoms with E-state index in [0.717, 1.165) is 24.8 Å². The number of rotatable bonds is 2. The van der Waals surface area contributed by atoms with Gasteiger partial charge in [-0.05, 0) is 43.9 Å². The van der Waals surface area contributed by atoms with Crippen molar-refractivity contribution in [2.24, 2.45) is 0 Å². The Morgan fingerprint density at radius 1 is 1.24 bits per heavy atom. The predicted molar refractivity (Wildman–Crippen MR) is 79.4 cm³/mol. The number of hydrogen-bond donors (Lipinski definition) is 0. The largest absolute Gasteiger partial charge is 0.495 e. The van der Waals surface area contributed by atoms with E-state index in [2.05, 4.69) is 0 Å². The van der Waals surface area contributed by atoms with Gasteiger partial charge in [-0.2, -0.15) is 0 Å². The maximum absolute atomic E-state index is 12.8. The van der Waals surface area contributed by atoms with Gasteiger partial charge in [0.1, 0.15) is 18.3 Å². The maximum Gasteiger partial charge on any atom is 0.250 e. The summed E-state index contributed by atoms with van der Waals surface area (Å²) in [5.41, 5.74) is 1.73. The molecule has 2 heterocycles. The first kappa shape index (κ1) is 13.9. The Hall–Kier alpha value is -2.04. The van der Waals surface area contributed by atoms with Gasteiger partial charge in [-0.3, -0.25) is 14.5 Å². The van der Waals surface area contributed by atoms with Crippen molar-refractivity contribution in [1.29, 1.82) is 0 Å². The van der Waals surface area contributed by atoms with Crippen molar-refractivity contribution in [2.45, 2.75) is 32.2 Å². The quantitative estimate of drug-likeness (QED) is 0.833. The third-order valence-electron chi connectivity index (χ3n) is 4.29. The highest BCUT2D eigenvalue weighted by Gasteiger charge is 2.41. The topological polar surface area (TPSA) is 49.9 Å². The van der Waals surface area contributed by atoms with Crippen LogP contribution < -0.4 is 9.64 Å². The number of fused-ring (bicyclic) bond motifs is 1. The third-order valence-corrected chi connectivity index (χ3v) is 4.29. The third kappa shape index (κ3) is 2.37. The molecule has 0 aromatic heterocycles. The number of piperidine rings is 1. The molecule has 0 saturated carbocycles. The molecule has 3 rings (SSSR count). The second-order valence-electron chi connectivity index (χ2n) is 5.70. The van der Waals surface area contributed by atoms with E-state index in [9.17, 15) is 9.59 Å². The number of carbonyl (C=O) groups excluding carboxylic acids is 2. The fourth-order valence-corrected chi connectivity index (χ4v) is 3.19. The number of carbonyl (C=O) groups is 2. The van der Waals surface area contributed by atoms with Crippen molar-refractivity contribution in [3.8, 4) is 5.75 Å². The van der Waals surface area contributed by atoms with E-state index in [0.29, 0.717) is 18.0 Å². The van der Waals surface area contributed by atoms with Crippen molar-refractivity contribution < 1.29 is 14.3 Å². The normalized spacial score (nSPS) is 22.3. The zero-order chi connectivity index (χ0) is 15.0. The number of hydrogen-bond acceptors (Lipinski definition) is 3. The van der Waals surface area contributed by atoms with Gasteiger partial charge in [0.05, 0.1) is 12.8 Å². The average molecular weight is 288 g/mol.